The van der Waals surface area contributed by atoms with E-state index in [9.17, 15) is 21.9 Å². The smallest absolute Gasteiger partial charge is 0.216 e. The van der Waals surface area contributed by atoms with Gasteiger partial charge in [0, 0.05) is 11.6 Å². The van der Waals surface area contributed by atoms with Crippen LogP contribution >= 0.6 is 0 Å². The average Bonchev–Trinajstić information content (AvgIpc) is 2.46. The third-order valence-electron chi connectivity index (χ3n) is 6.23. The maximum Gasteiger partial charge on any atom is 0.216 e. The molecule has 0 bridgehead atoms. The molecule has 2 atom stereocenters. The molecule has 0 aromatic carbocycles. The molecule has 176 valence electrons. The topological polar surface area (TPSA) is 113 Å². The Morgan fingerprint density at radius 1 is 0.862 bits per heavy atom. The zero-order valence-corrected chi connectivity index (χ0v) is 21.8. The fraction of sp³-hybridized carbons (Fsp3) is 1.00. The van der Waals surface area contributed by atoms with E-state index in [0.29, 0.717) is 12.8 Å². The van der Waals surface area contributed by atoms with E-state index >= 15 is 0 Å². The molecule has 0 saturated heterocycles. The molecular formula is C20H44N2O5S2. The van der Waals surface area contributed by atoms with Gasteiger partial charge in [0.05, 0.1) is 16.6 Å². The summed E-state index contributed by atoms with van der Waals surface area (Å²) in [6, 6.07) is -0.708. The van der Waals surface area contributed by atoms with Crippen molar-refractivity contribution in [2.24, 2.45) is 10.8 Å². The van der Waals surface area contributed by atoms with Crippen molar-refractivity contribution in [2.45, 2.75) is 111 Å². The van der Waals surface area contributed by atoms with E-state index in [1.165, 1.54) is 0 Å². The Labute approximate surface area is 179 Å². The number of hydrogen-bond donors (Lipinski definition) is 3. The molecular weight excluding hydrogens is 412 g/mol. The number of aliphatic hydroxyl groups is 1. The monoisotopic (exact) mass is 456 g/mol. The van der Waals surface area contributed by atoms with Crippen molar-refractivity contribution in [1.82, 2.24) is 9.44 Å². The third kappa shape index (κ3) is 7.76. The lowest BCUT2D eigenvalue weighted by Gasteiger charge is -2.40. The van der Waals surface area contributed by atoms with Crippen LogP contribution in [0.5, 0.6) is 0 Å². The number of hydrogen-bond acceptors (Lipinski definition) is 5. The highest BCUT2D eigenvalue weighted by atomic mass is 32.2. The van der Waals surface area contributed by atoms with E-state index in [0.717, 1.165) is 0 Å². The quantitative estimate of drug-likeness (QED) is 0.468. The second-order valence-electron chi connectivity index (χ2n) is 11.3. The average molecular weight is 457 g/mol. The largest absolute Gasteiger partial charge is 0.395 e. The summed E-state index contributed by atoms with van der Waals surface area (Å²) < 4.78 is 55.1. The molecule has 0 aliphatic carbocycles. The van der Waals surface area contributed by atoms with Crippen molar-refractivity contribution >= 4 is 20.0 Å². The summed E-state index contributed by atoms with van der Waals surface area (Å²) in [6.45, 7) is 19.4. The number of sulfonamides is 2. The SMILES string of the molecule is CC(CCC(C)(C)[C@@H](CO)NS(=O)(=O)C(C)(C)C)S(=O)(=O)NC(C)(C)C(C)(C)C. The van der Waals surface area contributed by atoms with Gasteiger partial charge in [0.25, 0.3) is 0 Å². The van der Waals surface area contributed by atoms with Gasteiger partial charge in [-0.15, -0.1) is 0 Å². The molecule has 0 heterocycles. The standard InChI is InChI=1S/C20H44N2O5S2/c1-15(28(24,25)22-20(10,11)17(2,3)4)12-13-19(8,9)16(14-23)21-29(26,27)18(5,6)7/h15-16,21-23H,12-14H2,1-11H3/t15?,16-/m1/s1. The van der Waals surface area contributed by atoms with E-state index in [2.05, 4.69) is 9.44 Å². The summed E-state index contributed by atoms with van der Waals surface area (Å²) in [5.74, 6) is 0. The highest BCUT2D eigenvalue weighted by molar-refractivity contribution is 7.90. The van der Waals surface area contributed by atoms with Crippen LogP contribution in [0.2, 0.25) is 0 Å². The van der Waals surface area contributed by atoms with Crippen molar-refractivity contribution in [3.63, 3.8) is 0 Å². The van der Waals surface area contributed by atoms with Gasteiger partial charge in [-0.2, -0.15) is 0 Å². The first-order valence-corrected chi connectivity index (χ1v) is 13.2. The van der Waals surface area contributed by atoms with Crippen LogP contribution in [0.25, 0.3) is 0 Å². The number of aliphatic hydroxyl groups excluding tert-OH is 1. The summed E-state index contributed by atoms with van der Waals surface area (Å²) in [5.41, 5.74) is -1.51. The fourth-order valence-corrected chi connectivity index (χ4v) is 5.09. The van der Waals surface area contributed by atoms with Crippen LogP contribution in [-0.2, 0) is 20.0 Å². The van der Waals surface area contributed by atoms with Gasteiger partial charge >= 0.3 is 0 Å². The first kappa shape index (κ1) is 28.8. The van der Waals surface area contributed by atoms with Crippen LogP contribution in [0.3, 0.4) is 0 Å². The molecule has 0 rings (SSSR count). The summed E-state index contributed by atoms with van der Waals surface area (Å²) >= 11 is 0. The Hall–Kier alpha value is -0.220. The van der Waals surface area contributed by atoms with Crippen molar-refractivity contribution in [1.29, 1.82) is 0 Å². The van der Waals surface area contributed by atoms with Crippen LogP contribution in [0.1, 0.15) is 89.0 Å². The van der Waals surface area contributed by atoms with E-state index < -0.39 is 47.0 Å². The zero-order chi connectivity index (χ0) is 23.7. The van der Waals surface area contributed by atoms with Crippen molar-refractivity contribution in [3.8, 4) is 0 Å². The van der Waals surface area contributed by atoms with Crippen LogP contribution in [0.15, 0.2) is 0 Å². The predicted octanol–water partition coefficient (Wildman–Crippen LogP) is 3.00. The number of nitrogens with one attached hydrogen (secondary N) is 2. The van der Waals surface area contributed by atoms with Gasteiger partial charge < -0.3 is 5.11 Å². The molecule has 1 unspecified atom stereocenters. The first-order chi connectivity index (χ1) is 12.5. The molecule has 0 aromatic rings. The molecule has 7 nitrogen and oxygen atoms in total. The summed E-state index contributed by atoms with van der Waals surface area (Å²) in [4.78, 5) is 0. The highest BCUT2D eigenvalue weighted by Crippen LogP contribution is 2.33. The van der Waals surface area contributed by atoms with Crippen molar-refractivity contribution < 1.29 is 21.9 Å². The van der Waals surface area contributed by atoms with E-state index in [1.54, 1.807) is 27.7 Å². The van der Waals surface area contributed by atoms with Crippen LogP contribution in [-0.4, -0.2) is 50.1 Å². The molecule has 0 radical (unpaired) electrons. The second-order valence-corrected chi connectivity index (χ2v) is 15.9. The minimum absolute atomic E-state index is 0.258. The first-order valence-electron chi connectivity index (χ1n) is 10.2. The highest BCUT2D eigenvalue weighted by Gasteiger charge is 2.40. The molecule has 9 heteroatoms. The predicted molar refractivity (Wildman–Crippen MR) is 121 cm³/mol. The summed E-state index contributed by atoms with van der Waals surface area (Å²) in [5, 5.41) is 9.15. The normalized spacial score (nSPS) is 17.2. The van der Waals surface area contributed by atoms with E-state index in [1.807, 2.05) is 48.5 Å². The zero-order valence-electron chi connectivity index (χ0n) is 20.2. The molecule has 29 heavy (non-hydrogen) atoms. The van der Waals surface area contributed by atoms with Gasteiger partial charge in [0.2, 0.25) is 20.0 Å². The molecule has 0 amide bonds. The maximum atomic E-state index is 12.8. The van der Waals surface area contributed by atoms with Crippen molar-refractivity contribution in [2.75, 3.05) is 6.61 Å². The number of rotatable bonds is 10. The minimum Gasteiger partial charge on any atom is -0.395 e. The van der Waals surface area contributed by atoms with Gasteiger partial charge in [-0.3, -0.25) is 0 Å². The van der Waals surface area contributed by atoms with E-state index in [-0.39, 0.29) is 12.0 Å². The molecule has 0 saturated carbocycles. The maximum absolute atomic E-state index is 12.8. The van der Waals surface area contributed by atoms with Crippen molar-refractivity contribution in [3.05, 3.63) is 0 Å². The van der Waals surface area contributed by atoms with Crippen LogP contribution < -0.4 is 9.44 Å². The molecule has 0 spiro atoms. The lowest BCUT2D eigenvalue weighted by atomic mass is 9.77. The van der Waals surface area contributed by atoms with Gasteiger partial charge in [0.1, 0.15) is 0 Å². The Kier molecular flexibility index (Phi) is 9.03. The lowest BCUT2D eigenvalue weighted by molar-refractivity contribution is 0.151. The Morgan fingerprint density at radius 3 is 1.66 bits per heavy atom. The fourth-order valence-electron chi connectivity index (χ4n) is 2.32. The summed E-state index contributed by atoms with van der Waals surface area (Å²) in [6.07, 6.45) is 0.777. The third-order valence-corrected chi connectivity index (χ3v) is 10.5. The second kappa shape index (κ2) is 9.10. The Bertz CT molecular complexity index is 743. The van der Waals surface area contributed by atoms with Gasteiger partial charge in [-0.1, -0.05) is 34.6 Å². The molecule has 0 fully saturated rings. The molecule has 0 aliphatic rings. The Morgan fingerprint density at radius 2 is 1.31 bits per heavy atom. The van der Waals surface area contributed by atoms with Gasteiger partial charge in [0.15, 0.2) is 0 Å². The van der Waals surface area contributed by atoms with Gasteiger partial charge in [-0.05, 0) is 65.2 Å². The molecule has 0 aliphatic heterocycles. The lowest BCUT2D eigenvalue weighted by Crippen LogP contribution is -2.54. The van der Waals surface area contributed by atoms with Gasteiger partial charge in [-0.25, -0.2) is 26.3 Å². The van der Waals surface area contributed by atoms with E-state index in [4.69, 9.17) is 0 Å². The molecule has 3 N–H and O–H groups in total. The van der Waals surface area contributed by atoms with Crippen LogP contribution in [0.4, 0.5) is 0 Å². The summed E-state index contributed by atoms with van der Waals surface area (Å²) in [7, 11) is -7.21. The minimum atomic E-state index is -3.64. The van der Waals surface area contributed by atoms with Crippen LogP contribution in [0, 0.1) is 10.8 Å². The molecule has 0 aromatic heterocycles. The Balaban J connectivity index is 5.31.